The first-order chi connectivity index (χ1) is 8.25. The summed E-state index contributed by atoms with van der Waals surface area (Å²) < 4.78 is 0. The highest BCUT2D eigenvalue weighted by atomic mass is 14.9. The smallest absolute Gasteiger partial charge is 0.0346 e. The number of aryl methyl sites for hydroxylation is 1. The maximum atomic E-state index is 5.93. The van der Waals surface area contributed by atoms with Crippen LogP contribution in [-0.4, -0.2) is 6.04 Å². The average Bonchev–Trinajstić information content (AvgIpc) is 2.59. The molecule has 0 atom stereocenters. The van der Waals surface area contributed by atoms with E-state index in [4.69, 9.17) is 5.73 Å². The molecule has 0 spiro atoms. The first kappa shape index (κ1) is 12.4. The molecule has 2 heteroatoms. The van der Waals surface area contributed by atoms with Gasteiger partial charge in [-0.15, -0.1) is 0 Å². The molecule has 1 saturated carbocycles. The summed E-state index contributed by atoms with van der Waals surface area (Å²) in [5.41, 5.74) is 9.31. The van der Waals surface area contributed by atoms with E-state index >= 15 is 0 Å². The topological polar surface area (TPSA) is 38.0 Å². The second-order valence-electron chi connectivity index (χ2n) is 5.26. The van der Waals surface area contributed by atoms with Crippen molar-refractivity contribution in [3.63, 3.8) is 0 Å². The summed E-state index contributed by atoms with van der Waals surface area (Å²) in [6.45, 7) is 3.01. The van der Waals surface area contributed by atoms with Crippen LogP contribution in [0.4, 0.5) is 5.69 Å². The highest BCUT2D eigenvalue weighted by Crippen LogP contribution is 2.18. The predicted molar refractivity (Wildman–Crippen MR) is 73.9 cm³/mol. The zero-order valence-corrected chi connectivity index (χ0v) is 10.8. The molecule has 3 N–H and O–H groups in total. The van der Waals surface area contributed by atoms with Crippen LogP contribution in [0.25, 0.3) is 0 Å². The predicted octanol–water partition coefficient (Wildman–Crippen LogP) is 3.39. The number of nitrogens with two attached hydrogens (primary N) is 1. The van der Waals surface area contributed by atoms with Crippen LogP contribution >= 0.6 is 0 Å². The summed E-state index contributed by atoms with van der Waals surface area (Å²) in [4.78, 5) is 0. The Hall–Kier alpha value is -1.02. The molecule has 0 aromatic heterocycles. The van der Waals surface area contributed by atoms with Crippen LogP contribution in [0.3, 0.4) is 0 Å². The highest BCUT2D eigenvalue weighted by molar-refractivity contribution is 5.48. The number of rotatable bonds is 3. The van der Waals surface area contributed by atoms with Crippen molar-refractivity contribution >= 4 is 5.69 Å². The molecule has 2 rings (SSSR count). The first-order valence-electron chi connectivity index (χ1n) is 6.84. The van der Waals surface area contributed by atoms with E-state index in [2.05, 4.69) is 30.4 Å². The molecule has 0 unspecified atom stereocenters. The lowest BCUT2D eigenvalue weighted by atomic mass is 10.1. The van der Waals surface area contributed by atoms with Crippen LogP contribution in [-0.2, 0) is 6.54 Å². The normalized spacial score (nSPS) is 17.9. The van der Waals surface area contributed by atoms with E-state index in [9.17, 15) is 0 Å². The van der Waals surface area contributed by atoms with Gasteiger partial charge >= 0.3 is 0 Å². The Labute approximate surface area is 105 Å². The van der Waals surface area contributed by atoms with Gasteiger partial charge < -0.3 is 11.1 Å². The number of hydrogen-bond acceptors (Lipinski definition) is 2. The Bertz CT molecular complexity index is 352. The molecule has 1 aromatic rings. The van der Waals surface area contributed by atoms with Gasteiger partial charge in [0.05, 0.1) is 0 Å². The number of nitrogens with one attached hydrogen (secondary N) is 1. The number of hydrogen-bond donors (Lipinski definition) is 2. The van der Waals surface area contributed by atoms with E-state index in [-0.39, 0.29) is 0 Å². The molecule has 94 valence electrons. The van der Waals surface area contributed by atoms with Crippen molar-refractivity contribution in [3.8, 4) is 0 Å². The van der Waals surface area contributed by atoms with Crippen molar-refractivity contribution in [2.75, 3.05) is 5.73 Å². The largest absolute Gasteiger partial charge is 0.399 e. The molecule has 0 amide bonds. The fourth-order valence-electron chi connectivity index (χ4n) is 2.55. The molecule has 2 nitrogen and oxygen atoms in total. The zero-order valence-electron chi connectivity index (χ0n) is 10.8. The molecule has 1 aliphatic rings. The summed E-state index contributed by atoms with van der Waals surface area (Å²) in [5.74, 6) is 0. The molecular weight excluding hydrogens is 208 g/mol. The molecule has 0 aliphatic heterocycles. The van der Waals surface area contributed by atoms with Gasteiger partial charge in [-0.2, -0.15) is 0 Å². The van der Waals surface area contributed by atoms with Gasteiger partial charge in [0.1, 0.15) is 0 Å². The molecule has 1 aliphatic carbocycles. The second kappa shape index (κ2) is 6.06. The Kier molecular flexibility index (Phi) is 4.43. The third kappa shape index (κ3) is 3.74. The van der Waals surface area contributed by atoms with Crippen LogP contribution in [0.1, 0.15) is 49.7 Å². The van der Waals surface area contributed by atoms with E-state index < -0.39 is 0 Å². The lowest BCUT2D eigenvalue weighted by Crippen LogP contribution is -2.27. The molecule has 0 saturated heterocycles. The van der Waals surface area contributed by atoms with Gasteiger partial charge in [0.15, 0.2) is 0 Å². The fourth-order valence-corrected chi connectivity index (χ4v) is 2.55. The van der Waals surface area contributed by atoms with Crippen molar-refractivity contribution in [2.45, 2.75) is 58.0 Å². The van der Waals surface area contributed by atoms with Crippen molar-refractivity contribution in [3.05, 3.63) is 29.3 Å². The monoisotopic (exact) mass is 232 g/mol. The molecule has 1 fully saturated rings. The van der Waals surface area contributed by atoms with Crippen molar-refractivity contribution in [2.24, 2.45) is 0 Å². The summed E-state index contributed by atoms with van der Waals surface area (Å²) in [5, 5.41) is 3.67. The molecule has 1 aromatic carbocycles. The first-order valence-corrected chi connectivity index (χ1v) is 6.84. The Morgan fingerprint density at radius 2 is 1.88 bits per heavy atom. The minimum absolute atomic E-state index is 0.708. The van der Waals surface area contributed by atoms with Crippen molar-refractivity contribution in [1.29, 1.82) is 0 Å². The summed E-state index contributed by atoms with van der Waals surface area (Å²) in [6.07, 6.45) is 8.26. The number of nitrogen functional groups attached to an aromatic ring is 1. The summed E-state index contributed by atoms with van der Waals surface area (Å²) >= 11 is 0. The molecule has 17 heavy (non-hydrogen) atoms. The Morgan fingerprint density at radius 1 is 1.18 bits per heavy atom. The van der Waals surface area contributed by atoms with E-state index in [0.717, 1.165) is 12.2 Å². The molecule has 0 bridgehead atoms. The molecule has 0 radical (unpaired) electrons. The minimum Gasteiger partial charge on any atom is -0.399 e. The van der Waals surface area contributed by atoms with Gasteiger partial charge in [-0.25, -0.2) is 0 Å². The van der Waals surface area contributed by atoms with Crippen LogP contribution in [0.5, 0.6) is 0 Å². The van der Waals surface area contributed by atoms with Gasteiger partial charge in [0.2, 0.25) is 0 Å². The highest BCUT2D eigenvalue weighted by Gasteiger charge is 2.11. The number of benzene rings is 1. The third-order valence-electron chi connectivity index (χ3n) is 3.79. The van der Waals surface area contributed by atoms with Crippen LogP contribution < -0.4 is 11.1 Å². The Balaban J connectivity index is 1.85. The van der Waals surface area contributed by atoms with Gasteiger partial charge in [-0.3, -0.25) is 0 Å². The Morgan fingerprint density at radius 3 is 2.53 bits per heavy atom. The van der Waals surface area contributed by atoms with Gasteiger partial charge in [0, 0.05) is 18.3 Å². The maximum Gasteiger partial charge on any atom is 0.0346 e. The number of anilines is 1. The molecule has 0 heterocycles. The van der Waals surface area contributed by atoms with E-state index in [1.165, 1.54) is 49.7 Å². The zero-order chi connectivity index (χ0) is 12.1. The van der Waals surface area contributed by atoms with E-state index in [1.807, 2.05) is 0 Å². The maximum absolute atomic E-state index is 5.93. The fraction of sp³-hybridized carbons (Fsp3) is 0.600. The van der Waals surface area contributed by atoms with Crippen molar-refractivity contribution < 1.29 is 0 Å². The van der Waals surface area contributed by atoms with Crippen LogP contribution in [0.15, 0.2) is 18.2 Å². The standard InChI is InChI=1S/C15H24N2/c1-12-8-9-13(10-15(12)16)11-17-14-6-4-2-3-5-7-14/h8-10,14,17H,2-7,11,16H2,1H3. The van der Waals surface area contributed by atoms with Crippen molar-refractivity contribution in [1.82, 2.24) is 5.32 Å². The van der Waals surface area contributed by atoms with Gasteiger partial charge in [0.25, 0.3) is 0 Å². The van der Waals surface area contributed by atoms with Crippen LogP contribution in [0, 0.1) is 6.92 Å². The summed E-state index contributed by atoms with van der Waals surface area (Å²) in [6, 6.07) is 7.09. The molecular formula is C15H24N2. The average molecular weight is 232 g/mol. The third-order valence-corrected chi connectivity index (χ3v) is 3.79. The van der Waals surface area contributed by atoms with Gasteiger partial charge in [-0.1, -0.05) is 37.8 Å². The second-order valence-corrected chi connectivity index (χ2v) is 5.26. The minimum atomic E-state index is 0.708. The van der Waals surface area contributed by atoms with E-state index in [0.29, 0.717) is 6.04 Å². The SMILES string of the molecule is Cc1ccc(CNC2CCCCCC2)cc1N. The summed E-state index contributed by atoms with van der Waals surface area (Å²) in [7, 11) is 0. The lowest BCUT2D eigenvalue weighted by molar-refractivity contribution is 0.459. The van der Waals surface area contributed by atoms with E-state index in [1.54, 1.807) is 0 Å². The van der Waals surface area contributed by atoms with Crippen LogP contribution in [0.2, 0.25) is 0 Å². The lowest BCUT2D eigenvalue weighted by Gasteiger charge is -2.16. The van der Waals surface area contributed by atoms with Gasteiger partial charge in [-0.05, 0) is 37.0 Å². The quantitative estimate of drug-likeness (QED) is 0.619.